The van der Waals surface area contributed by atoms with Gasteiger partial charge in [0, 0.05) is 45.6 Å². The van der Waals surface area contributed by atoms with Gasteiger partial charge in [-0.05, 0) is 31.0 Å². The largest absolute Gasteiger partial charge is 0.398 e. The standard InChI is InChI=1S/C16H27N3S2/c1-4-6-19-15(8-13-9-18-7-5-14(13)17)16-10-20-11(2)12(3)21-16/h5,7,9,11-12,15-16,19H,4,6,8,10H2,1-3H3,(H2,17,18). The molecule has 4 atom stereocenters. The summed E-state index contributed by atoms with van der Waals surface area (Å²) in [6.45, 7) is 7.97. The number of nitrogens with two attached hydrogens (primary N) is 1. The zero-order valence-corrected chi connectivity index (χ0v) is 14.8. The Labute approximate surface area is 137 Å². The lowest BCUT2D eigenvalue weighted by Gasteiger charge is -2.36. The van der Waals surface area contributed by atoms with Gasteiger partial charge in [0.15, 0.2) is 0 Å². The van der Waals surface area contributed by atoms with E-state index in [-0.39, 0.29) is 0 Å². The maximum Gasteiger partial charge on any atom is 0.0378 e. The van der Waals surface area contributed by atoms with Crippen LogP contribution in [-0.2, 0) is 6.42 Å². The van der Waals surface area contributed by atoms with E-state index in [9.17, 15) is 0 Å². The lowest BCUT2D eigenvalue weighted by Crippen LogP contribution is -2.45. The summed E-state index contributed by atoms with van der Waals surface area (Å²) in [7, 11) is 0. The summed E-state index contributed by atoms with van der Waals surface area (Å²) >= 11 is 4.24. The number of nitrogen functional groups attached to an aromatic ring is 1. The van der Waals surface area contributed by atoms with Crippen LogP contribution in [0.3, 0.4) is 0 Å². The number of rotatable bonds is 6. The molecule has 2 heterocycles. The van der Waals surface area contributed by atoms with E-state index in [1.165, 1.54) is 11.3 Å². The van der Waals surface area contributed by atoms with Gasteiger partial charge in [-0.1, -0.05) is 20.8 Å². The van der Waals surface area contributed by atoms with Crippen LogP contribution in [0.1, 0.15) is 32.8 Å². The van der Waals surface area contributed by atoms with Crippen molar-refractivity contribution in [2.75, 3.05) is 18.0 Å². The monoisotopic (exact) mass is 325 g/mol. The van der Waals surface area contributed by atoms with Crippen LogP contribution in [0.25, 0.3) is 0 Å². The van der Waals surface area contributed by atoms with E-state index in [4.69, 9.17) is 5.73 Å². The van der Waals surface area contributed by atoms with Crippen LogP contribution in [0.2, 0.25) is 0 Å². The number of anilines is 1. The summed E-state index contributed by atoms with van der Waals surface area (Å²) in [5.74, 6) is 1.22. The third-order valence-electron chi connectivity index (χ3n) is 4.06. The molecule has 3 nitrogen and oxygen atoms in total. The fraction of sp³-hybridized carbons (Fsp3) is 0.688. The number of nitrogens with zero attached hydrogens (tertiary/aromatic N) is 1. The van der Waals surface area contributed by atoms with E-state index in [1.807, 2.05) is 12.3 Å². The molecule has 1 saturated heterocycles. The number of nitrogens with one attached hydrogen (secondary N) is 1. The lowest BCUT2D eigenvalue weighted by atomic mass is 10.0. The Hall–Kier alpha value is -0.390. The number of thioether (sulfide) groups is 2. The van der Waals surface area contributed by atoms with Crippen LogP contribution in [0.15, 0.2) is 18.5 Å². The Balaban J connectivity index is 2.05. The summed E-state index contributed by atoms with van der Waals surface area (Å²) in [6.07, 6.45) is 5.82. The maximum atomic E-state index is 6.10. The van der Waals surface area contributed by atoms with Crippen LogP contribution in [0.4, 0.5) is 5.69 Å². The quantitative estimate of drug-likeness (QED) is 0.841. The predicted molar refractivity (Wildman–Crippen MR) is 97.2 cm³/mol. The highest BCUT2D eigenvalue weighted by Crippen LogP contribution is 2.37. The molecular formula is C16H27N3S2. The summed E-state index contributed by atoms with van der Waals surface area (Å²) in [6, 6.07) is 2.38. The summed E-state index contributed by atoms with van der Waals surface area (Å²) in [5.41, 5.74) is 8.13. The van der Waals surface area contributed by atoms with Crippen molar-refractivity contribution in [1.29, 1.82) is 0 Å². The smallest absolute Gasteiger partial charge is 0.0378 e. The fourth-order valence-corrected chi connectivity index (χ4v) is 5.66. The van der Waals surface area contributed by atoms with Crippen molar-refractivity contribution >= 4 is 29.2 Å². The second-order valence-electron chi connectivity index (χ2n) is 5.76. The van der Waals surface area contributed by atoms with Crippen LogP contribution in [0, 0.1) is 0 Å². The molecule has 0 aromatic carbocycles. The summed E-state index contributed by atoms with van der Waals surface area (Å²) < 4.78 is 0. The van der Waals surface area contributed by atoms with Crippen molar-refractivity contribution in [3.05, 3.63) is 24.0 Å². The predicted octanol–water partition coefficient (Wildman–Crippen LogP) is 3.20. The third-order valence-corrected chi connectivity index (χ3v) is 7.61. The Morgan fingerprint density at radius 2 is 2.24 bits per heavy atom. The van der Waals surface area contributed by atoms with Gasteiger partial charge in [0.2, 0.25) is 0 Å². The molecule has 21 heavy (non-hydrogen) atoms. The van der Waals surface area contributed by atoms with Crippen molar-refractivity contribution in [3.8, 4) is 0 Å². The highest BCUT2D eigenvalue weighted by atomic mass is 32.2. The Kier molecular flexibility index (Phi) is 6.71. The first-order valence-electron chi connectivity index (χ1n) is 7.80. The molecular weight excluding hydrogens is 298 g/mol. The molecule has 1 aromatic heterocycles. The van der Waals surface area contributed by atoms with Crippen LogP contribution >= 0.6 is 23.5 Å². The minimum absolute atomic E-state index is 0.476. The molecule has 0 saturated carbocycles. The molecule has 1 aliphatic rings. The molecule has 4 unspecified atom stereocenters. The number of pyridine rings is 1. The highest BCUT2D eigenvalue weighted by Gasteiger charge is 2.31. The minimum atomic E-state index is 0.476. The average molecular weight is 326 g/mol. The van der Waals surface area contributed by atoms with E-state index in [2.05, 4.69) is 54.6 Å². The van der Waals surface area contributed by atoms with Gasteiger partial charge in [-0.2, -0.15) is 23.5 Å². The van der Waals surface area contributed by atoms with Crippen molar-refractivity contribution in [1.82, 2.24) is 10.3 Å². The molecule has 3 N–H and O–H groups in total. The fourth-order valence-electron chi connectivity index (χ4n) is 2.53. The Bertz CT molecular complexity index is 441. The van der Waals surface area contributed by atoms with Crippen molar-refractivity contribution in [2.24, 2.45) is 0 Å². The Morgan fingerprint density at radius 1 is 1.43 bits per heavy atom. The van der Waals surface area contributed by atoms with Gasteiger partial charge < -0.3 is 11.1 Å². The van der Waals surface area contributed by atoms with Crippen molar-refractivity contribution in [3.63, 3.8) is 0 Å². The summed E-state index contributed by atoms with van der Waals surface area (Å²) in [4.78, 5) is 4.23. The van der Waals surface area contributed by atoms with Crippen LogP contribution < -0.4 is 11.1 Å². The normalized spacial score (nSPS) is 27.5. The zero-order valence-electron chi connectivity index (χ0n) is 13.2. The third kappa shape index (κ3) is 4.80. The van der Waals surface area contributed by atoms with Gasteiger partial charge in [-0.25, -0.2) is 0 Å². The second-order valence-corrected chi connectivity index (χ2v) is 8.79. The molecule has 1 aromatic rings. The topological polar surface area (TPSA) is 50.9 Å². The summed E-state index contributed by atoms with van der Waals surface area (Å²) in [5, 5.41) is 5.84. The van der Waals surface area contributed by atoms with Gasteiger partial charge >= 0.3 is 0 Å². The lowest BCUT2D eigenvalue weighted by molar-refractivity contribution is 0.504. The molecule has 0 spiro atoms. The maximum absolute atomic E-state index is 6.10. The number of hydrogen-bond donors (Lipinski definition) is 2. The molecule has 5 heteroatoms. The van der Waals surface area contributed by atoms with Gasteiger partial charge in [-0.15, -0.1) is 0 Å². The number of hydrogen-bond acceptors (Lipinski definition) is 5. The Morgan fingerprint density at radius 3 is 2.90 bits per heavy atom. The average Bonchev–Trinajstić information content (AvgIpc) is 2.48. The van der Waals surface area contributed by atoms with E-state index in [0.29, 0.717) is 16.5 Å². The molecule has 0 amide bonds. The SMILES string of the molecule is CCCNC(Cc1cnccc1N)C1CSC(C)C(C)S1. The first-order chi connectivity index (χ1) is 10.1. The van der Waals surface area contributed by atoms with Gasteiger partial charge in [-0.3, -0.25) is 4.98 Å². The molecule has 1 fully saturated rings. The van der Waals surface area contributed by atoms with Gasteiger partial charge in [0.1, 0.15) is 0 Å². The van der Waals surface area contributed by atoms with E-state index >= 15 is 0 Å². The van der Waals surface area contributed by atoms with Gasteiger partial charge in [0.05, 0.1) is 0 Å². The van der Waals surface area contributed by atoms with E-state index in [1.54, 1.807) is 6.20 Å². The van der Waals surface area contributed by atoms with Crippen molar-refractivity contribution in [2.45, 2.75) is 55.4 Å². The number of aromatic nitrogens is 1. The molecule has 0 radical (unpaired) electrons. The first kappa shape index (κ1) is 17.0. The molecule has 0 bridgehead atoms. The van der Waals surface area contributed by atoms with E-state index in [0.717, 1.165) is 30.3 Å². The van der Waals surface area contributed by atoms with Crippen LogP contribution in [-0.4, -0.2) is 39.1 Å². The minimum Gasteiger partial charge on any atom is -0.398 e. The second kappa shape index (κ2) is 8.30. The molecule has 2 rings (SSSR count). The first-order valence-corrected chi connectivity index (χ1v) is 9.79. The molecule has 118 valence electrons. The van der Waals surface area contributed by atoms with Crippen molar-refractivity contribution < 1.29 is 0 Å². The van der Waals surface area contributed by atoms with Gasteiger partial charge in [0.25, 0.3) is 0 Å². The molecule has 1 aliphatic heterocycles. The van der Waals surface area contributed by atoms with Crippen LogP contribution in [0.5, 0.6) is 0 Å². The zero-order chi connectivity index (χ0) is 15.2. The highest BCUT2D eigenvalue weighted by molar-refractivity contribution is 8.07. The van der Waals surface area contributed by atoms with E-state index < -0.39 is 0 Å². The molecule has 0 aliphatic carbocycles.